The lowest BCUT2D eigenvalue weighted by Crippen LogP contribution is -2.20. The molecule has 3 heteroatoms. The van der Waals surface area contributed by atoms with Gasteiger partial charge in [-0.3, -0.25) is 4.79 Å². The number of carbonyl (C=O) groups excluding carboxylic acids is 1. The Kier molecular flexibility index (Phi) is 3.58. The molecule has 0 aliphatic heterocycles. The fourth-order valence-electron chi connectivity index (χ4n) is 1.66. The van der Waals surface area contributed by atoms with E-state index in [0.29, 0.717) is 5.56 Å². The van der Waals surface area contributed by atoms with Crippen molar-refractivity contribution in [3.63, 3.8) is 0 Å². The van der Waals surface area contributed by atoms with Gasteiger partial charge in [-0.2, -0.15) is 0 Å². The first-order valence-corrected chi connectivity index (χ1v) is 4.97. The van der Waals surface area contributed by atoms with Crippen LogP contribution >= 0.6 is 0 Å². The monoisotopic (exact) mass is 209 g/mol. The van der Waals surface area contributed by atoms with Crippen molar-refractivity contribution in [1.82, 2.24) is 0 Å². The molecule has 1 atom stereocenters. The molecule has 0 aliphatic carbocycles. The lowest BCUT2D eigenvalue weighted by molar-refractivity contribution is 0.0972. The number of hydrogen-bond donors (Lipinski definition) is 1. The number of carbonyl (C=O) groups is 1. The van der Waals surface area contributed by atoms with Crippen molar-refractivity contribution in [2.24, 2.45) is 5.73 Å². The molecule has 0 aromatic heterocycles. The Morgan fingerprint density at radius 2 is 2.07 bits per heavy atom. The summed E-state index contributed by atoms with van der Waals surface area (Å²) in [6, 6.07) is 2.94. The van der Waals surface area contributed by atoms with Gasteiger partial charge in [0.1, 0.15) is 5.82 Å². The largest absolute Gasteiger partial charge is 0.328 e. The molecule has 15 heavy (non-hydrogen) atoms. The molecule has 1 aromatic rings. The second-order valence-electron chi connectivity index (χ2n) is 4.04. The number of ketones is 1. The zero-order valence-electron chi connectivity index (χ0n) is 9.30. The number of hydrogen-bond acceptors (Lipinski definition) is 2. The molecule has 0 bridgehead atoms. The van der Waals surface area contributed by atoms with E-state index < -0.39 is 5.82 Å². The van der Waals surface area contributed by atoms with Gasteiger partial charge < -0.3 is 5.73 Å². The van der Waals surface area contributed by atoms with Crippen LogP contribution in [0.3, 0.4) is 0 Å². The van der Waals surface area contributed by atoms with E-state index in [4.69, 9.17) is 5.73 Å². The standard InChI is InChI=1S/C12H16FNO/c1-7-4-8(2)12(10(13)5-7)11(15)6-9(3)14/h4-5,9H,6,14H2,1-3H3. The minimum atomic E-state index is -0.446. The molecule has 1 aromatic carbocycles. The first-order valence-electron chi connectivity index (χ1n) is 4.97. The Morgan fingerprint density at radius 3 is 2.53 bits per heavy atom. The normalized spacial score (nSPS) is 12.6. The molecule has 0 heterocycles. The highest BCUT2D eigenvalue weighted by atomic mass is 19.1. The second kappa shape index (κ2) is 4.53. The number of benzene rings is 1. The maximum atomic E-state index is 13.6. The maximum Gasteiger partial charge on any atom is 0.167 e. The first-order chi connectivity index (χ1) is 6.91. The summed E-state index contributed by atoms with van der Waals surface area (Å²) in [4.78, 5) is 11.7. The van der Waals surface area contributed by atoms with Gasteiger partial charge in [-0.15, -0.1) is 0 Å². The Bertz CT molecular complexity index is 362. The number of rotatable bonds is 3. The van der Waals surface area contributed by atoms with Gasteiger partial charge >= 0.3 is 0 Å². The lowest BCUT2D eigenvalue weighted by Gasteiger charge is -2.09. The number of aryl methyl sites for hydroxylation is 2. The van der Waals surface area contributed by atoms with Crippen LogP contribution < -0.4 is 5.73 Å². The average Bonchev–Trinajstić information content (AvgIpc) is 1.99. The number of nitrogens with two attached hydrogens (primary N) is 1. The Hall–Kier alpha value is -1.22. The van der Waals surface area contributed by atoms with Crippen LogP contribution in [0.25, 0.3) is 0 Å². The van der Waals surface area contributed by atoms with Crippen molar-refractivity contribution in [3.05, 3.63) is 34.6 Å². The Morgan fingerprint density at radius 1 is 1.47 bits per heavy atom. The zero-order valence-corrected chi connectivity index (χ0v) is 9.30. The molecular weight excluding hydrogens is 193 g/mol. The van der Waals surface area contributed by atoms with Gasteiger partial charge in [0.15, 0.2) is 5.78 Å². The highest BCUT2D eigenvalue weighted by Gasteiger charge is 2.16. The van der Waals surface area contributed by atoms with Crippen LogP contribution in [-0.4, -0.2) is 11.8 Å². The highest BCUT2D eigenvalue weighted by Crippen LogP contribution is 2.17. The van der Waals surface area contributed by atoms with Crippen molar-refractivity contribution in [2.45, 2.75) is 33.2 Å². The van der Waals surface area contributed by atoms with Crippen molar-refractivity contribution >= 4 is 5.78 Å². The third-order valence-electron chi connectivity index (χ3n) is 2.22. The number of Topliss-reactive ketones (excluding diaryl/α,β-unsaturated/α-hetero) is 1. The molecule has 0 amide bonds. The zero-order chi connectivity index (χ0) is 11.6. The van der Waals surface area contributed by atoms with E-state index in [2.05, 4.69) is 0 Å². The van der Waals surface area contributed by atoms with Gasteiger partial charge in [-0.05, 0) is 38.0 Å². The Balaban J connectivity index is 3.09. The predicted octanol–water partition coefficient (Wildman–Crippen LogP) is 2.36. The molecule has 0 saturated heterocycles. The van der Waals surface area contributed by atoms with Gasteiger partial charge in [0, 0.05) is 12.5 Å². The molecular formula is C12H16FNO. The lowest BCUT2D eigenvalue weighted by atomic mass is 9.98. The highest BCUT2D eigenvalue weighted by molar-refractivity contribution is 5.98. The molecule has 0 saturated carbocycles. The molecule has 2 nitrogen and oxygen atoms in total. The van der Waals surface area contributed by atoms with Gasteiger partial charge in [-0.25, -0.2) is 4.39 Å². The summed E-state index contributed by atoms with van der Waals surface area (Å²) >= 11 is 0. The van der Waals surface area contributed by atoms with Crippen LogP contribution in [0.1, 0.15) is 34.8 Å². The molecule has 2 N–H and O–H groups in total. The summed E-state index contributed by atoms with van der Waals surface area (Å²) in [6.45, 7) is 5.28. The second-order valence-corrected chi connectivity index (χ2v) is 4.04. The fraction of sp³-hybridized carbons (Fsp3) is 0.417. The van der Waals surface area contributed by atoms with E-state index in [0.717, 1.165) is 5.56 Å². The van der Waals surface area contributed by atoms with Crippen molar-refractivity contribution in [1.29, 1.82) is 0 Å². The maximum absolute atomic E-state index is 13.6. The molecule has 0 fully saturated rings. The molecule has 0 spiro atoms. The van der Waals surface area contributed by atoms with Gasteiger partial charge in [0.2, 0.25) is 0 Å². The smallest absolute Gasteiger partial charge is 0.167 e. The molecule has 0 aliphatic rings. The third-order valence-corrected chi connectivity index (χ3v) is 2.22. The van der Waals surface area contributed by atoms with Crippen LogP contribution in [0.4, 0.5) is 4.39 Å². The van der Waals surface area contributed by atoms with Crippen LogP contribution in [0.15, 0.2) is 12.1 Å². The summed E-state index contributed by atoms with van der Waals surface area (Å²) < 4.78 is 13.6. The predicted molar refractivity (Wildman–Crippen MR) is 58.5 cm³/mol. The van der Waals surface area contributed by atoms with Crippen LogP contribution in [0.5, 0.6) is 0 Å². The molecule has 82 valence electrons. The van der Waals surface area contributed by atoms with E-state index in [1.807, 2.05) is 0 Å². The van der Waals surface area contributed by atoms with Gasteiger partial charge in [0.25, 0.3) is 0 Å². The van der Waals surface area contributed by atoms with Crippen molar-refractivity contribution in [2.75, 3.05) is 0 Å². The fourth-order valence-corrected chi connectivity index (χ4v) is 1.66. The SMILES string of the molecule is Cc1cc(C)c(C(=O)CC(C)N)c(F)c1. The van der Waals surface area contributed by atoms with Crippen molar-refractivity contribution < 1.29 is 9.18 Å². The minimum absolute atomic E-state index is 0.179. The summed E-state index contributed by atoms with van der Waals surface area (Å²) in [7, 11) is 0. The van der Waals surface area contributed by atoms with Crippen molar-refractivity contribution in [3.8, 4) is 0 Å². The van der Waals surface area contributed by atoms with Gasteiger partial charge in [-0.1, -0.05) is 6.07 Å². The summed E-state index contributed by atoms with van der Waals surface area (Å²) in [5.74, 6) is -0.668. The van der Waals surface area contributed by atoms with Crippen LogP contribution in [0, 0.1) is 19.7 Å². The van der Waals surface area contributed by atoms with E-state index in [-0.39, 0.29) is 23.8 Å². The molecule has 1 unspecified atom stereocenters. The molecule has 0 radical (unpaired) electrons. The van der Waals surface area contributed by atoms with E-state index in [9.17, 15) is 9.18 Å². The van der Waals surface area contributed by atoms with E-state index >= 15 is 0 Å². The van der Waals surface area contributed by atoms with E-state index in [1.54, 1.807) is 26.8 Å². The van der Waals surface area contributed by atoms with E-state index in [1.165, 1.54) is 6.07 Å². The topological polar surface area (TPSA) is 43.1 Å². The molecule has 1 rings (SSSR count). The van der Waals surface area contributed by atoms with Crippen LogP contribution in [-0.2, 0) is 0 Å². The Labute approximate surface area is 89.3 Å². The summed E-state index contributed by atoms with van der Waals surface area (Å²) in [5, 5.41) is 0. The number of halogens is 1. The summed E-state index contributed by atoms with van der Waals surface area (Å²) in [6.07, 6.45) is 0.181. The first kappa shape index (κ1) is 11.9. The van der Waals surface area contributed by atoms with Gasteiger partial charge in [0.05, 0.1) is 5.56 Å². The quantitative estimate of drug-likeness (QED) is 0.776. The van der Waals surface area contributed by atoms with Crippen LogP contribution in [0.2, 0.25) is 0 Å². The minimum Gasteiger partial charge on any atom is -0.328 e. The average molecular weight is 209 g/mol. The third kappa shape index (κ3) is 2.86. The summed E-state index contributed by atoms with van der Waals surface area (Å²) in [5.41, 5.74) is 7.20.